The van der Waals surface area contributed by atoms with Gasteiger partial charge >= 0.3 is 0 Å². The lowest BCUT2D eigenvalue weighted by Gasteiger charge is -2.06. The largest absolute Gasteiger partial charge is 0.299 e. The van der Waals surface area contributed by atoms with E-state index in [1.165, 1.54) is 66.1 Å². The molecule has 3 nitrogen and oxygen atoms in total. The van der Waals surface area contributed by atoms with Gasteiger partial charge in [-0.25, -0.2) is 4.57 Å². The summed E-state index contributed by atoms with van der Waals surface area (Å²) in [6, 6.07) is 22.7. The lowest BCUT2D eigenvalue weighted by molar-refractivity contribution is -0.677. The molecular weight excluding hydrogens is 366 g/mol. The van der Waals surface area contributed by atoms with Gasteiger partial charge in [-0.15, -0.1) is 0 Å². The van der Waals surface area contributed by atoms with Gasteiger partial charge in [0.05, 0.1) is 17.1 Å². The van der Waals surface area contributed by atoms with Crippen molar-refractivity contribution in [2.24, 2.45) is 0 Å². The molecule has 0 spiro atoms. The fourth-order valence-electron chi connectivity index (χ4n) is 5.54. The topological polar surface area (TPSA) is 13.7 Å². The Kier molecular flexibility index (Phi) is 2.87. The molecule has 0 N–H and O–H groups in total. The Hall–Kier alpha value is -3.59. The number of pyridine rings is 1. The molecule has 3 aromatic heterocycles. The SMILES string of the molecule is Cc1ccc2c(c1)c1cc(C)cc3c1n2C[n+]1cc(C)cc2c4ccccc4n-3c21. The molecule has 0 atom stereocenters. The van der Waals surface area contributed by atoms with E-state index in [2.05, 4.69) is 101 Å². The van der Waals surface area contributed by atoms with Crippen molar-refractivity contribution in [2.75, 3.05) is 0 Å². The van der Waals surface area contributed by atoms with E-state index < -0.39 is 0 Å². The molecule has 0 fully saturated rings. The third-order valence-electron chi connectivity index (χ3n) is 6.66. The Morgan fingerprint density at radius 1 is 0.700 bits per heavy atom. The first-order valence-electron chi connectivity index (χ1n) is 10.6. The molecule has 0 amide bonds. The Bertz CT molecular complexity index is 1690. The molecule has 1 aliphatic heterocycles. The minimum Gasteiger partial charge on any atom is -0.299 e. The van der Waals surface area contributed by atoms with Crippen molar-refractivity contribution < 1.29 is 4.57 Å². The third kappa shape index (κ3) is 1.88. The van der Waals surface area contributed by atoms with Crippen molar-refractivity contribution in [2.45, 2.75) is 27.4 Å². The van der Waals surface area contributed by atoms with E-state index in [1.807, 2.05) is 0 Å². The van der Waals surface area contributed by atoms with Crippen molar-refractivity contribution in [3.8, 4) is 5.69 Å². The van der Waals surface area contributed by atoms with Crippen LogP contribution in [0.5, 0.6) is 0 Å². The van der Waals surface area contributed by atoms with Crippen LogP contribution in [0.4, 0.5) is 0 Å². The molecular formula is C27H22N3+. The van der Waals surface area contributed by atoms with Gasteiger partial charge in [0.25, 0.3) is 5.65 Å². The van der Waals surface area contributed by atoms with E-state index >= 15 is 0 Å². The lowest BCUT2D eigenvalue weighted by Crippen LogP contribution is -2.38. The fraction of sp³-hybridized carbons (Fsp3) is 0.148. The number of hydrogen-bond acceptors (Lipinski definition) is 0. The second kappa shape index (κ2) is 5.31. The maximum Gasteiger partial charge on any atom is 0.296 e. The molecule has 144 valence electrons. The third-order valence-corrected chi connectivity index (χ3v) is 6.66. The number of fused-ring (bicyclic) bond motifs is 7. The van der Waals surface area contributed by atoms with Gasteiger partial charge in [0, 0.05) is 16.2 Å². The predicted octanol–water partition coefficient (Wildman–Crippen LogP) is 5.92. The summed E-state index contributed by atoms with van der Waals surface area (Å²) >= 11 is 0. The summed E-state index contributed by atoms with van der Waals surface area (Å²) in [6.07, 6.45) is 2.29. The van der Waals surface area contributed by atoms with E-state index in [9.17, 15) is 0 Å². The summed E-state index contributed by atoms with van der Waals surface area (Å²) < 4.78 is 7.41. The quantitative estimate of drug-likeness (QED) is 0.286. The zero-order valence-electron chi connectivity index (χ0n) is 17.4. The zero-order valence-corrected chi connectivity index (χ0v) is 17.4. The molecule has 6 aromatic rings. The number of aryl methyl sites for hydroxylation is 3. The fourth-order valence-corrected chi connectivity index (χ4v) is 5.54. The Morgan fingerprint density at radius 3 is 2.40 bits per heavy atom. The van der Waals surface area contributed by atoms with Crippen LogP contribution in [0, 0.1) is 20.8 Å². The first-order valence-corrected chi connectivity index (χ1v) is 10.6. The number of hydrogen-bond donors (Lipinski definition) is 0. The molecule has 0 saturated heterocycles. The van der Waals surface area contributed by atoms with Crippen molar-refractivity contribution in [1.82, 2.24) is 9.13 Å². The van der Waals surface area contributed by atoms with Gasteiger partial charge in [0.2, 0.25) is 0 Å². The molecule has 0 bridgehead atoms. The molecule has 0 radical (unpaired) electrons. The van der Waals surface area contributed by atoms with E-state index in [4.69, 9.17) is 0 Å². The molecule has 0 saturated carbocycles. The highest BCUT2D eigenvalue weighted by atomic mass is 15.2. The highest BCUT2D eigenvalue weighted by molar-refractivity contribution is 6.14. The maximum atomic E-state index is 2.50. The molecule has 7 rings (SSSR count). The van der Waals surface area contributed by atoms with Gasteiger partial charge in [-0.05, 0) is 74.4 Å². The standard InChI is InChI=1S/C27H22N3/c1-16-8-9-23-20(10-16)21-11-17(2)13-25-26(21)29(23)15-28-14-18(3)12-22-19-6-4-5-7-24(19)30(25)27(22)28/h4-14H,15H2,1-3H3/q+1. The van der Waals surface area contributed by atoms with Gasteiger partial charge in [0.1, 0.15) is 11.0 Å². The molecule has 0 unspecified atom stereocenters. The van der Waals surface area contributed by atoms with Crippen molar-refractivity contribution in [1.29, 1.82) is 0 Å². The minimum absolute atomic E-state index is 0.813. The molecule has 0 aliphatic carbocycles. The van der Waals surface area contributed by atoms with Crippen LogP contribution in [0.2, 0.25) is 0 Å². The van der Waals surface area contributed by atoms with Crippen LogP contribution in [0.1, 0.15) is 16.7 Å². The van der Waals surface area contributed by atoms with Crippen LogP contribution in [-0.4, -0.2) is 9.13 Å². The second-order valence-corrected chi connectivity index (χ2v) is 8.85. The summed E-state index contributed by atoms with van der Waals surface area (Å²) in [5.74, 6) is 0. The summed E-state index contributed by atoms with van der Waals surface area (Å²) in [5, 5.41) is 5.34. The lowest BCUT2D eigenvalue weighted by atomic mass is 10.1. The van der Waals surface area contributed by atoms with Gasteiger partial charge < -0.3 is 0 Å². The van der Waals surface area contributed by atoms with E-state index in [-0.39, 0.29) is 0 Å². The van der Waals surface area contributed by atoms with Gasteiger partial charge in [-0.2, -0.15) is 4.57 Å². The summed E-state index contributed by atoms with van der Waals surface area (Å²) in [5.41, 5.74) is 10.3. The van der Waals surface area contributed by atoms with Crippen LogP contribution in [-0.2, 0) is 6.67 Å². The van der Waals surface area contributed by atoms with E-state index in [0.29, 0.717) is 0 Å². The Balaban J connectivity index is 1.81. The molecule has 3 aromatic carbocycles. The minimum atomic E-state index is 0.813. The Morgan fingerprint density at radius 2 is 1.50 bits per heavy atom. The van der Waals surface area contributed by atoms with Crippen molar-refractivity contribution in [3.63, 3.8) is 0 Å². The second-order valence-electron chi connectivity index (χ2n) is 8.85. The maximum absolute atomic E-state index is 2.50. The van der Waals surface area contributed by atoms with Crippen LogP contribution in [0.15, 0.2) is 66.9 Å². The summed E-state index contributed by atoms with van der Waals surface area (Å²) in [6.45, 7) is 7.41. The van der Waals surface area contributed by atoms with E-state index in [1.54, 1.807) is 0 Å². The monoisotopic (exact) mass is 388 g/mol. The average molecular weight is 388 g/mol. The van der Waals surface area contributed by atoms with Crippen LogP contribution in [0.25, 0.3) is 49.4 Å². The predicted molar refractivity (Wildman–Crippen MR) is 124 cm³/mol. The molecule has 4 heterocycles. The zero-order chi connectivity index (χ0) is 20.1. The number of para-hydroxylation sites is 1. The number of rotatable bonds is 0. The van der Waals surface area contributed by atoms with Crippen molar-refractivity contribution >= 4 is 43.7 Å². The highest BCUT2D eigenvalue weighted by Gasteiger charge is 2.30. The smallest absolute Gasteiger partial charge is 0.296 e. The van der Waals surface area contributed by atoms with Gasteiger partial charge in [-0.3, -0.25) is 4.57 Å². The number of nitrogens with zero attached hydrogens (tertiary/aromatic N) is 3. The Labute approximate surface area is 174 Å². The molecule has 3 heteroatoms. The van der Waals surface area contributed by atoms with Crippen LogP contribution in [0.3, 0.4) is 0 Å². The first kappa shape index (κ1) is 16.2. The number of aromatic nitrogens is 3. The van der Waals surface area contributed by atoms with Crippen LogP contribution >= 0.6 is 0 Å². The highest BCUT2D eigenvalue weighted by Crippen LogP contribution is 2.39. The van der Waals surface area contributed by atoms with Gasteiger partial charge in [-0.1, -0.05) is 23.8 Å². The normalized spacial score (nSPS) is 13.0. The summed E-state index contributed by atoms with van der Waals surface area (Å²) in [7, 11) is 0. The van der Waals surface area contributed by atoms with Crippen LogP contribution < -0.4 is 4.57 Å². The number of benzene rings is 3. The molecule has 30 heavy (non-hydrogen) atoms. The average Bonchev–Trinajstić information content (AvgIpc) is 3.15. The van der Waals surface area contributed by atoms with E-state index in [0.717, 1.165) is 6.67 Å². The first-order chi connectivity index (χ1) is 14.6. The van der Waals surface area contributed by atoms with Crippen molar-refractivity contribution in [3.05, 3.63) is 83.6 Å². The molecule has 1 aliphatic rings. The van der Waals surface area contributed by atoms with Gasteiger partial charge in [0.15, 0.2) is 12.4 Å². The summed E-state index contributed by atoms with van der Waals surface area (Å²) in [4.78, 5) is 0.